The van der Waals surface area contributed by atoms with Gasteiger partial charge in [-0.1, -0.05) is 11.2 Å². The summed E-state index contributed by atoms with van der Waals surface area (Å²) in [6.07, 6.45) is 3.52. The molecular weight excluding hydrogens is 486 g/mol. The van der Waals surface area contributed by atoms with E-state index in [0.29, 0.717) is 36.4 Å². The van der Waals surface area contributed by atoms with Crippen LogP contribution in [0.4, 0.5) is 5.82 Å². The number of nitrogens with zero attached hydrogens (tertiary/aromatic N) is 4. The molecule has 2 aromatic heterocycles. The quantitative estimate of drug-likeness (QED) is 0.382. The Bertz CT molecular complexity index is 1520. The molecule has 4 aromatic rings. The summed E-state index contributed by atoms with van der Waals surface area (Å²) in [5.41, 5.74) is 2.02. The van der Waals surface area contributed by atoms with E-state index >= 15 is 0 Å². The molecule has 5 rings (SSSR count). The molecule has 188 valence electrons. The van der Waals surface area contributed by atoms with Gasteiger partial charge in [0.2, 0.25) is 5.91 Å². The first-order valence-corrected chi connectivity index (χ1v) is 12.7. The Balaban J connectivity index is 1.46. The molecule has 0 aliphatic carbocycles. The Labute approximate surface area is 207 Å². The number of likely N-dealkylation sites (tertiary alicyclic amines) is 1. The molecule has 11 nitrogen and oxygen atoms in total. The zero-order chi connectivity index (χ0) is 25.4. The van der Waals surface area contributed by atoms with E-state index in [0.717, 1.165) is 11.1 Å². The number of ether oxygens (including phenoxy) is 2. The molecule has 0 bridgehead atoms. The summed E-state index contributed by atoms with van der Waals surface area (Å²) in [4.78, 5) is 13.2. The van der Waals surface area contributed by atoms with E-state index in [9.17, 15) is 13.2 Å². The van der Waals surface area contributed by atoms with E-state index in [1.54, 1.807) is 40.0 Å². The fraction of sp³-hybridized carbons (Fsp3) is 0.292. The molecule has 3 heterocycles. The van der Waals surface area contributed by atoms with Crippen molar-refractivity contribution in [1.29, 1.82) is 0 Å². The molecule has 0 saturated carbocycles. The van der Waals surface area contributed by atoms with E-state index in [1.165, 1.54) is 21.1 Å². The third kappa shape index (κ3) is 4.35. The van der Waals surface area contributed by atoms with E-state index in [4.69, 9.17) is 14.0 Å². The lowest BCUT2D eigenvalue weighted by atomic mass is 9.91. The van der Waals surface area contributed by atoms with Gasteiger partial charge in [0.1, 0.15) is 21.8 Å². The smallest absolute Gasteiger partial charge is 0.266 e. The van der Waals surface area contributed by atoms with Crippen LogP contribution >= 0.6 is 0 Å². The number of hydrogen-bond acceptors (Lipinski definition) is 8. The van der Waals surface area contributed by atoms with Gasteiger partial charge in [0, 0.05) is 38.3 Å². The summed E-state index contributed by atoms with van der Waals surface area (Å²) in [5, 5.41) is 8.57. The maximum Gasteiger partial charge on any atom is 0.266 e. The third-order valence-electron chi connectivity index (χ3n) is 6.23. The molecule has 0 radical (unpaired) electrons. The highest BCUT2D eigenvalue weighted by molar-refractivity contribution is 7.92. The van der Waals surface area contributed by atoms with Gasteiger partial charge in [-0.2, -0.15) is 5.10 Å². The zero-order valence-electron chi connectivity index (χ0n) is 20.0. The number of hydrogen-bond donors (Lipinski definition) is 1. The molecule has 1 fully saturated rings. The number of aromatic nitrogens is 3. The minimum atomic E-state index is -4.11. The monoisotopic (exact) mass is 511 g/mol. The van der Waals surface area contributed by atoms with E-state index < -0.39 is 10.0 Å². The summed E-state index contributed by atoms with van der Waals surface area (Å²) in [6, 6.07) is 10.4. The van der Waals surface area contributed by atoms with E-state index in [2.05, 4.69) is 15.0 Å². The highest BCUT2D eigenvalue weighted by Crippen LogP contribution is 2.37. The molecule has 36 heavy (non-hydrogen) atoms. The van der Waals surface area contributed by atoms with Crippen LogP contribution in [0.15, 0.2) is 58.2 Å². The van der Waals surface area contributed by atoms with Crippen molar-refractivity contribution in [2.24, 2.45) is 0 Å². The van der Waals surface area contributed by atoms with Crippen molar-refractivity contribution in [1.82, 2.24) is 19.8 Å². The Hall–Kier alpha value is -4.06. The Morgan fingerprint density at radius 2 is 1.94 bits per heavy atom. The molecular formula is C24H25N5O6S. The van der Waals surface area contributed by atoms with E-state index in [1.807, 2.05) is 18.3 Å². The van der Waals surface area contributed by atoms with Gasteiger partial charge in [0.25, 0.3) is 10.0 Å². The first-order chi connectivity index (χ1) is 17.3. The third-order valence-corrected chi connectivity index (χ3v) is 7.59. The molecule has 0 unspecified atom stereocenters. The van der Waals surface area contributed by atoms with Crippen LogP contribution in [0.1, 0.15) is 24.0 Å². The summed E-state index contributed by atoms with van der Waals surface area (Å²) >= 11 is 0. The first-order valence-electron chi connectivity index (χ1n) is 11.2. The molecule has 1 aliphatic rings. The van der Waals surface area contributed by atoms with Crippen LogP contribution in [0.2, 0.25) is 0 Å². The van der Waals surface area contributed by atoms with Crippen LogP contribution in [0.5, 0.6) is 11.5 Å². The molecule has 1 amide bonds. The average molecular weight is 512 g/mol. The molecule has 2 aromatic carbocycles. The maximum atomic E-state index is 13.5. The normalized spacial score (nSPS) is 14.0. The van der Waals surface area contributed by atoms with Crippen molar-refractivity contribution in [3.8, 4) is 11.5 Å². The number of sulfonamides is 1. The van der Waals surface area contributed by atoms with Gasteiger partial charge in [0.15, 0.2) is 11.4 Å². The van der Waals surface area contributed by atoms with Gasteiger partial charge >= 0.3 is 0 Å². The summed E-state index contributed by atoms with van der Waals surface area (Å²) in [5.74, 6) is 0.651. The number of carbonyl (C=O) groups is 1. The highest BCUT2D eigenvalue weighted by Gasteiger charge is 2.32. The first kappa shape index (κ1) is 23.7. The summed E-state index contributed by atoms with van der Waals surface area (Å²) in [7, 11) is -1.21. The van der Waals surface area contributed by atoms with Crippen LogP contribution in [-0.4, -0.2) is 61.5 Å². The second-order valence-electron chi connectivity index (χ2n) is 8.54. The van der Waals surface area contributed by atoms with E-state index in [-0.39, 0.29) is 28.3 Å². The van der Waals surface area contributed by atoms with Gasteiger partial charge in [-0.15, -0.1) is 0 Å². The lowest BCUT2D eigenvalue weighted by Gasteiger charge is -2.39. The lowest BCUT2D eigenvalue weighted by molar-refractivity contribution is -0.133. The van der Waals surface area contributed by atoms with Crippen molar-refractivity contribution in [3.63, 3.8) is 0 Å². The number of benzene rings is 2. The molecule has 12 heteroatoms. The van der Waals surface area contributed by atoms with Crippen molar-refractivity contribution in [3.05, 3.63) is 59.9 Å². The predicted molar refractivity (Wildman–Crippen MR) is 131 cm³/mol. The van der Waals surface area contributed by atoms with Gasteiger partial charge < -0.3 is 18.9 Å². The van der Waals surface area contributed by atoms with Crippen molar-refractivity contribution in [2.45, 2.75) is 24.3 Å². The zero-order valence-corrected chi connectivity index (χ0v) is 20.8. The number of carbonyl (C=O) groups excluding carboxylic acids is 1. The molecule has 0 atom stereocenters. The minimum Gasteiger partial charge on any atom is -0.496 e. The van der Waals surface area contributed by atoms with Crippen LogP contribution in [-0.2, 0) is 21.4 Å². The van der Waals surface area contributed by atoms with Crippen LogP contribution < -0.4 is 14.2 Å². The largest absolute Gasteiger partial charge is 0.496 e. The fourth-order valence-corrected chi connectivity index (χ4v) is 5.49. The number of nitrogens with one attached hydrogen (secondary N) is 1. The number of amides is 1. The van der Waals surface area contributed by atoms with Crippen LogP contribution in [0, 0.1) is 0 Å². The predicted octanol–water partition coefficient (Wildman–Crippen LogP) is 2.84. The minimum absolute atomic E-state index is 0.00564. The molecule has 0 spiro atoms. The van der Waals surface area contributed by atoms with Crippen LogP contribution in [0.25, 0.3) is 11.0 Å². The van der Waals surface area contributed by atoms with Gasteiger partial charge in [-0.05, 0) is 41.5 Å². The summed E-state index contributed by atoms with van der Waals surface area (Å²) < 4.78 is 47.5. The van der Waals surface area contributed by atoms with Crippen LogP contribution in [0.3, 0.4) is 0 Å². The lowest BCUT2D eigenvalue weighted by Crippen LogP contribution is -2.47. The summed E-state index contributed by atoms with van der Waals surface area (Å²) in [6.45, 7) is 3.08. The second-order valence-corrected chi connectivity index (χ2v) is 10.2. The molecule has 1 N–H and O–H groups in total. The van der Waals surface area contributed by atoms with Gasteiger partial charge in [-0.3, -0.25) is 14.2 Å². The Morgan fingerprint density at radius 1 is 1.17 bits per heavy atom. The molecule has 1 aliphatic heterocycles. The van der Waals surface area contributed by atoms with Crippen molar-refractivity contribution >= 4 is 32.7 Å². The number of fused-ring (bicyclic) bond motifs is 1. The topological polar surface area (TPSA) is 129 Å². The second kappa shape index (κ2) is 9.19. The highest BCUT2D eigenvalue weighted by atomic mass is 32.2. The van der Waals surface area contributed by atoms with Gasteiger partial charge in [-0.25, -0.2) is 8.42 Å². The number of rotatable bonds is 8. The fourth-order valence-electron chi connectivity index (χ4n) is 4.28. The molecule has 1 saturated heterocycles. The Kier molecular flexibility index (Phi) is 6.04. The van der Waals surface area contributed by atoms with Crippen molar-refractivity contribution < 1.29 is 27.2 Å². The van der Waals surface area contributed by atoms with Gasteiger partial charge in [0.05, 0.1) is 20.8 Å². The standard InChI is InChI=1S/C24H25N5O6S/c1-15(30)28-13-18(14-28)17-5-6-19(33-2)22(11-17)36(31,32)27-24-23-20(34-3)9-16(10-21(23)35-26-24)12-29-8-4-7-25-29/h4-11,18H,12-14H2,1-3H3,(H,26,27). The van der Waals surface area contributed by atoms with Crippen molar-refractivity contribution in [2.75, 3.05) is 32.0 Å². The number of anilines is 1. The maximum absolute atomic E-state index is 13.5. The number of methoxy groups -OCH3 is 2. The average Bonchev–Trinajstić information content (AvgIpc) is 3.47. The SMILES string of the molecule is COc1ccc(C2CN(C(C)=O)C2)cc1S(=O)(=O)Nc1noc2cc(Cn3cccn3)cc(OC)c12. The Morgan fingerprint density at radius 3 is 2.61 bits per heavy atom.